The smallest absolute Gasteiger partial charge is 0.251 e. The molecule has 1 atom stereocenters. The van der Waals surface area contributed by atoms with Gasteiger partial charge in [-0.05, 0) is 40.4 Å². The molecule has 0 aliphatic heterocycles. The van der Waals surface area contributed by atoms with E-state index in [2.05, 4.69) is 5.32 Å². The van der Waals surface area contributed by atoms with Crippen LogP contribution in [0.4, 0.5) is 8.78 Å². The fourth-order valence-electron chi connectivity index (χ4n) is 1.19. The van der Waals surface area contributed by atoms with E-state index in [0.29, 0.717) is 0 Å². The van der Waals surface area contributed by atoms with Crippen LogP contribution in [0.1, 0.15) is 19.8 Å². The molecule has 0 saturated heterocycles. The molecular weight excluding hydrogens is 174 g/mol. The normalized spacial score (nSPS) is 14.1. The van der Waals surface area contributed by atoms with Crippen molar-refractivity contribution in [3.8, 4) is 0 Å². The molecule has 0 aromatic carbocycles. The van der Waals surface area contributed by atoms with Crippen LogP contribution in [0.5, 0.6) is 0 Å². The molecule has 0 fully saturated rings. The molecule has 2 nitrogen and oxygen atoms in total. The molecule has 0 radical (unpaired) electrons. The molecule has 4 heteroatoms. The zero-order valence-electron chi connectivity index (χ0n) is 8.69. The van der Waals surface area contributed by atoms with E-state index in [0.717, 1.165) is 19.4 Å². The number of nitrogens with one attached hydrogen (secondary N) is 1. The summed E-state index contributed by atoms with van der Waals surface area (Å²) in [6, 6.07) is 0.238. The Labute approximate surface area is 79.3 Å². The van der Waals surface area contributed by atoms with Gasteiger partial charge in [-0.25, -0.2) is 8.78 Å². The van der Waals surface area contributed by atoms with Crippen molar-refractivity contribution in [1.82, 2.24) is 10.2 Å². The Morgan fingerprint density at radius 1 is 1.38 bits per heavy atom. The Morgan fingerprint density at radius 3 is 2.46 bits per heavy atom. The molecule has 1 unspecified atom stereocenters. The second kappa shape index (κ2) is 7.21. The van der Waals surface area contributed by atoms with Crippen LogP contribution in [-0.2, 0) is 0 Å². The number of rotatable bonds is 7. The largest absolute Gasteiger partial charge is 0.320 e. The predicted octanol–water partition coefficient (Wildman–Crippen LogP) is 1.57. The van der Waals surface area contributed by atoms with Gasteiger partial charge in [-0.3, -0.25) is 4.90 Å². The summed E-state index contributed by atoms with van der Waals surface area (Å²) in [7, 11) is 3.64. The van der Waals surface area contributed by atoms with E-state index in [1.165, 1.54) is 0 Å². The third-order valence-corrected chi connectivity index (χ3v) is 2.23. The number of nitrogens with zero attached hydrogens (tertiary/aromatic N) is 1. The van der Waals surface area contributed by atoms with Crippen molar-refractivity contribution in [3.05, 3.63) is 0 Å². The summed E-state index contributed by atoms with van der Waals surface area (Å²) in [5.74, 6) is 0. The molecule has 13 heavy (non-hydrogen) atoms. The van der Waals surface area contributed by atoms with Crippen LogP contribution in [0.3, 0.4) is 0 Å². The monoisotopic (exact) mass is 194 g/mol. The first kappa shape index (κ1) is 12.8. The summed E-state index contributed by atoms with van der Waals surface area (Å²) in [6.45, 7) is 2.81. The highest BCUT2D eigenvalue weighted by atomic mass is 19.3. The minimum absolute atomic E-state index is 0.124. The molecule has 80 valence electrons. The van der Waals surface area contributed by atoms with Crippen molar-refractivity contribution in [3.63, 3.8) is 0 Å². The SMILES string of the molecule is CNCCCC(C)N(C)CC(F)F. The van der Waals surface area contributed by atoms with Crippen molar-refractivity contribution in [2.75, 3.05) is 27.2 Å². The summed E-state index contributed by atoms with van der Waals surface area (Å²) >= 11 is 0. The van der Waals surface area contributed by atoms with Crippen molar-refractivity contribution in [2.24, 2.45) is 0 Å². The van der Waals surface area contributed by atoms with Crippen LogP contribution in [-0.4, -0.2) is 44.6 Å². The van der Waals surface area contributed by atoms with Gasteiger partial charge in [-0.1, -0.05) is 0 Å². The van der Waals surface area contributed by atoms with Crippen LogP contribution in [0.2, 0.25) is 0 Å². The lowest BCUT2D eigenvalue weighted by Gasteiger charge is -2.24. The minimum atomic E-state index is -2.23. The fraction of sp³-hybridized carbons (Fsp3) is 1.00. The molecule has 0 heterocycles. The maximum atomic E-state index is 12.0. The predicted molar refractivity (Wildman–Crippen MR) is 51.3 cm³/mol. The highest BCUT2D eigenvalue weighted by molar-refractivity contribution is 4.64. The molecule has 0 spiro atoms. The first-order valence-corrected chi connectivity index (χ1v) is 4.71. The summed E-state index contributed by atoms with van der Waals surface area (Å²) in [4.78, 5) is 1.71. The second-order valence-corrected chi connectivity index (χ2v) is 3.43. The number of hydrogen-bond acceptors (Lipinski definition) is 2. The Bertz CT molecular complexity index is 120. The molecule has 0 rings (SSSR count). The summed E-state index contributed by atoms with van der Waals surface area (Å²) in [5, 5.41) is 3.04. The van der Waals surface area contributed by atoms with Crippen molar-refractivity contribution in [2.45, 2.75) is 32.2 Å². The molecule has 0 aromatic rings. The molecule has 1 N–H and O–H groups in total. The highest BCUT2D eigenvalue weighted by Gasteiger charge is 2.13. The first-order chi connectivity index (χ1) is 6.07. The Kier molecular flexibility index (Phi) is 7.09. The van der Waals surface area contributed by atoms with Crippen LogP contribution < -0.4 is 5.32 Å². The molecule has 0 amide bonds. The van der Waals surface area contributed by atoms with E-state index in [4.69, 9.17) is 0 Å². The van der Waals surface area contributed by atoms with Gasteiger partial charge in [0.1, 0.15) is 0 Å². The Morgan fingerprint density at radius 2 is 2.00 bits per heavy atom. The van der Waals surface area contributed by atoms with Crippen LogP contribution in [0.15, 0.2) is 0 Å². The van der Waals surface area contributed by atoms with E-state index in [-0.39, 0.29) is 12.6 Å². The van der Waals surface area contributed by atoms with E-state index >= 15 is 0 Å². The van der Waals surface area contributed by atoms with Crippen LogP contribution in [0, 0.1) is 0 Å². The van der Waals surface area contributed by atoms with Gasteiger partial charge >= 0.3 is 0 Å². The fourth-order valence-corrected chi connectivity index (χ4v) is 1.19. The van der Waals surface area contributed by atoms with E-state index < -0.39 is 6.43 Å². The van der Waals surface area contributed by atoms with E-state index in [1.54, 1.807) is 11.9 Å². The molecular formula is C9H20F2N2. The van der Waals surface area contributed by atoms with Gasteiger partial charge in [0.2, 0.25) is 0 Å². The maximum Gasteiger partial charge on any atom is 0.251 e. The van der Waals surface area contributed by atoms with Gasteiger partial charge in [0.15, 0.2) is 0 Å². The highest BCUT2D eigenvalue weighted by Crippen LogP contribution is 2.06. The van der Waals surface area contributed by atoms with E-state index in [9.17, 15) is 8.78 Å². The van der Waals surface area contributed by atoms with Crippen molar-refractivity contribution >= 4 is 0 Å². The second-order valence-electron chi connectivity index (χ2n) is 3.43. The summed E-state index contributed by atoms with van der Waals surface area (Å²) in [6.07, 6.45) is -0.230. The molecule has 0 bridgehead atoms. The quantitative estimate of drug-likeness (QED) is 0.619. The standard InChI is InChI=1S/C9H20F2N2/c1-8(5-4-6-12-2)13(3)7-9(10)11/h8-9,12H,4-7H2,1-3H3. The molecule has 0 aliphatic rings. The number of halogens is 2. The van der Waals surface area contributed by atoms with Gasteiger partial charge in [-0.15, -0.1) is 0 Å². The topological polar surface area (TPSA) is 15.3 Å². The Balaban J connectivity index is 3.50. The minimum Gasteiger partial charge on any atom is -0.320 e. The lowest BCUT2D eigenvalue weighted by Crippen LogP contribution is -2.33. The molecule has 0 aliphatic carbocycles. The summed E-state index contributed by atoms with van der Waals surface area (Å²) < 4.78 is 24.0. The average Bonchev–Trinajstić information content (AvgIpc) is 2.03. The van der Waals surface area contributed by atoms with Crippen molar-refractivity contribution < 1.29 is 8.78 Å². The van der Waals surface area contributed by atoms with Gasteiger partial charge in [0.25, 0.3) is 6.43 Å². The number of hydrogen-bond donors (Lipinski definition) is 1. The number of alkyl halides is 2. The lowest BCUT2D eigenvalue weighted by atomic mass is 10.1. The first-order valence-electron chi connectivity index (χ1n) is 4.71. The van der Waals surface area contributed by atoms with Crippen LogP contribution >= 0.6 is 0 Å². The third kappa shape index (κ3) is 6.90. The average molecular weight is 194 g/mol. The van der Waals surface area contributed by atoms with Crippen LogP contribution in [0.25, 0.3) is 0 Å². The Hall–Kier alpha value is -0.220. The lowest BCUT2D eigenvalue weighted by molar-refractivity contribution is 0.0820. The van der Waals surface area contributed by atoms with Gasteiger partial charge < -0.3 is 5.32 Å². The zero-order chi connectivity index (χ0) is 10.3. The van der Waals surface area contributed by atoms with E-state index in [1.807, 2.05) is 14.0 Å². The zero-order valence-corrected chi connectivity index (χ0v) is 8.69. The van der Waals surface area contributed by atoms with Gasteiger partial charge in [0, 0.05) is 6.04 Å². The molecule has 0 aromatic heterocycles. The summed E-state index contributed by atoms with van der Waals surface area (Å²) in [5.41, 5.74) is 0. The van der Waals surface area contributed by atoms with Crippen molar-refractivity contribution in [1.29, 1.82) is 0 Å². The molecule has 0 saturated carbocycles. The maximum absolute atomic E-state index is 12.0. The third-order valence-electron chi connectivity index (χ3n) is 2.23. The van der Waals surface area contributed by atoms with Gasteiger partial charge in [0.05, 0.1) is 6.54 Å². The van der Waals surface area contributed by atoms with Gasteiger partial charge in [-0.2, -0.15) is 0 Å².